The molecule has 0 aliphatic carbocycles. The van der Waals surface area contributed by atoms with Gasteiger partial charge in [-0.3, -0.25) is 0 Å². The molecule has 0 saturated carbocycles. The summed E-state index contributed by atoms with van der Waals surface area (Å²) >= 11 is 2.03. The molecule has 2 aromatic rings. The monoisotopic (exact) mass is 303 g/mol. The molecule has 2 saturated heterocycles. The minimum absolute atomic E-state index is 0.323. The summed E-state index contributed by atoms with van der Waals surface area (Å²) < 4.78 is 8.26. The van der Waals surface area contributed by atoms with Crippen LogP contribution in [0.25, 0.3) is 11.2 Å². The van der Waals surface area contributed by atoms with Crippen LogP contribution in [0.5, 0.6) is 0 Å². The van der Waals surface area contributed by atoms with E-state index >= 15 is 0 Å². The fraction of sp³-hybridized carbons (Fsp3) is 0.625. The van der Waals surface area contributed by atoms with Gasteiger partial charge in [0, 0.05) is 12.8 Å². The van der Waals surface area contributed by atoms with Crippen molar-refractivity contribution < 1.29 is 4.74 Å². The van der Waals surface area contributed by atoms with Gasteiger partial charge in [0.15, 0.2) is 5.65 Å². The maximum absolute atomic E-state index is 5.93. The summed E-state index contributed by atoms with van der Waals surface area (Å²) in [6.07, 6.45) is 8.36. The van der Waals surface area contributed by atoms with Crippen molar-refractivity contribution in [2.24, 2.45) is 0 Å². The van der Waals surface area contributed by atoms with Gasteiger partial charge in [-0.15, -0.1) is 0 Å². The lowest BCUT2D eigenvalue weighted by atomic mass is 10.1. The summed E-state index contributed by atoms with van der Waals surface area (Å²) in [5.74, 6) is 2.46. The number of imidazole rings is 1. The lowest BCUT2D eigenvalue weighted by Gasteiger charge is -2.24. The molecular weight excluding hydrogens is 282 g/mol. The van der Waals surface area contributed by atoms with Gasteiger partial charge in [-0.05, 0) is 50.0 Å². The number of rotatable bonds is 3. The summed E-state index contributed by atoms with van der Waals surface area (Å²) in [5, 5.41) is 0.530. The van der Waals surface area contributed by atoms with Gasteiger partial charge in [-0.25, -0.2) is 9.97 Å². The Labute approximate surface area is 129 Å². The molecule has 4 nitrogen and oxygen atoms in total. The molecule has 2 fully saturated rings. The summed E-state index contributed by atoms with van der Waals surface area (Å²) in [4.78, 5) is 9.46. The van der Waals surface area contributed by atoms with Crippen LogP contribution in [0.2, 0.25) is 0 Å². The van der Waals surface area contributed by atoms with E-state index in [2.05, 4.69) is 15.6 Å². The fourth-order valence-corrected chi connectivity index (χ4v) is 4.62. The highest BCUT2D eigenvalue weighted by Crippen LogP contribution is 2.40. The van der Waals surface area contributed by atoms with Crippen molar-refractivity contribution in [3.8, 4) is 0 Å². The fourth-order valence-electron chi connectivity index (χ4n) is 3.34. The van der Waals surface area contributed by atoms with Crippen molar-refractivity contribution in [3.63, 3.8) is 0 Å². The van der Waals surface area contributed by atoms with Gasteiger partial charge in [0.2, 0.25) is 0 Å². The smallest absolute Gasteiger partial charge is 0.160 e. The average Bonchev–Trinajstić information content (AvgIpc) is 3.16. The second-order valence-electron chi connectivity index (χ2n) is 5.92. The van der Waals surface area contributed by atoms with Gasteiger partial charge in [-0.2, -0.15) is 11.8 Å². The van der Waals surface area contributed by atoms with Crippen LogP contribution < -0.4 is 0 Å². The zero-order valence-corrected chi connectivity index (χ0v) is 13.0. The van der Waals surface area contributed by atoms with Crippen molar-refractivity contribution in [3.05, 3.63) is 24.2 Å². The van der Waals surface area contributed by atoms with Crippen molar-refractivity contribution in [1.29, 1.82) is 0 Å². The molecule has 0 amide bonds. The van der Waals surface area contributed by atoms with Gasteiger partial charge in [-0.1, -0.05) is 0 Å². The van der Waals surface area contributed by atoms with E-state index < -0.39 is 0 Å². The molecule has 2 unspecified atom stereocenters. The lowest BCUT2D eigenvalue weighted by molar-refractivity contribution is 0.00609. The quantitative estimate of drug-likeness (QED) is 0.869. The van der Waals surface area contributed by atoms with Gasteiger partial charge >= 0.3 is 0 Å². The second-order valence-corrected chi connectivity index (χ2v) is 7.23. The van der Waals surface area contributed by atoms with Crippen molar-refractivity contribution in [1.82, 2.24) is 14.5 Å². The Morgan fingerprint density at radius 3 is 3.10 bits per heavy atom. The van der Waals surface area contributed by atoms with Gasteiger partial charge < -0.3 is 9.30 Å². The largest absolute Gasteiger partial charge is 0.376 e. The van der Waals surface area contributed by atoms with Gasteiger partial charge in [0.05, 0.1) is 17.9 Å². The van der Waals surface area contributed by atoms with E-state index in [1.54, 1.807) is 0 Å². The highest BCUT2D eigenvalue weighted by molar-refractivity contribution is 7.99. The number of thioether (sulfide) groups is 1. The number of nitrogens with zero attached hydrogens (tertiary/aromatic N) is 3. The molecule has 2 aliphatic heterocycles. The first-order chi connectivity index (χ1) is 10.4. The second kappa shape index (κ2) is 5.97. The van der Waals surface area contributed by atoms with Crippen LogP contribution in [-0.2, 0) is 11.3 Å². The Morgan fingerprint density at radius 1 is 1.29 bits per heavy atom. The topological polar surface area (TPSA) is 39.9 Å². The third kappa shape index (κ3) is 2.69. The van der Waals surface area contributed by atoms with Crippen LogP contribution in [0.4, 0.5) is 0 Å². The number of hydrogen-bond donors (Lipinski definition) is 0. The highest BCUT2D eigenvalue weighted by Gasteiger charge is 2.26. The van der Waals surface area contributed by atoms with Crippen LogP contribution in [0.3, 0.4) is 0 Å². The maximum Gasteiger partial charge on any atom is 0.160 e. The van der Waals surface area contributed by atoms with Crippen LogP contribution in [0.15, 0.2) is 18.3 Å². The number of pyridine rings is 1. The first kappa shape index (κ1) is 13.6. The summed E-state index contributed by atoms with van der Waals surface area (Å²) in [5.41, 5.74) is 2.05. The Balaban J connectivity index is 1.70. The number of hydrogen-bond acceptors (Lipinski definition) is 4. The van der Waals surface area contributed by atoms with Gasteiger partial charge in [0.1, 0.15) is 11.3 Å². The lowest BCUT2D eigenvalue weighted by Crippen LogP contribution is -2.25. The number of fused-ring (bicyclic) bond motifs is 1. The van der Waals surface area contributed by atoms with Crippen molar-refractivity contribution >= 4 is 22.9 Å². The molecule has 4 rings (SSSR count). The van der Waals surface area contributed by atoms with E-state index in [9.17, 15) is 0 Å². The molecule has 4 heterocycles. The molecule has 0 bridgehead atoms. The molecule has 21 heavy (non-hydrogen) atoms. The van der Waals surface area contributed by atoms with E-state index in [0.717, 1.165) is 30.7 Å². The molecular formula is C16H21N3OS. The third-order valence-electron chi connectivity index (χ3n) is 4.41. The van der Waals surface area contributed by atoms with E-state index in [1.807, 2.05) is 24.0 Å². The molecule has 2 atom stereocenters. The molecule has 2 aromatic heterocycles. The Kier molecular flexibility index (Phi) is 3.86. The van der Waals surface area contributed by atoms with E-state index in [4.69, 9.17) is 9.72 Å². The SMILES string of the molecule is c1cnc2c(c1)nc(C1CCCS1)n2CC1CCCCO1. The summed E-state index contributed by atoms with van der Waals surface area (Å²) in [7, 11) is 0. The average molecular weight is 303 g/mol. The Bertz CT molecular complexity index is 615. The minimum Gasteiger partial charge on any atom is -0.376 e. The van der Waals surface area contributed by atoms with Crippen molar-refractivity contribution in [2.45, 2.75) is 50.0 Å². The molecule has 0 N–H and O–H groups in total. The van der Waals surface area contributed by atoms with Crippen LogP contribution >= 0.6 is 11.8 Å². The highest BCUT2D eigenvalue weighted by atomic mass is 32.2. The summed E-state index contributed by atoms with van der Waals surface area (Å²) in [6.45, 7) is 1.80. The molecule has 0 aromatic carbocycles. The normalized spacial score (nSPS) is 26.5. The zero-order valence-electron chi connectivity index (χ0n) is 12.2. The first-order valence-corrected chi connectivity index (χ1v) is 9.01. The predicted octanol–water partition coefficient (Wildman–Crippen LogP) is 3.57. The van der Waals surface area contributed by atoms with E-state index in [-0.39, 0.29) is 0 Å². The Morgan fingerprint density at radius 2 is 2.29 bits per heavy atom. The Hall–Kier alpha value is -1.07. The zero-order chi connectivity index (χ0) is 14.1. The first-order valence-electron chi connectivity index (χ1n) is 7.96. The van der Waals surface area contributed by atoms with Crippen LogP contribution in [0.1, 0.15) is 43.2 Å². The number of aromatic nitrogens is 3. The molecule has 0 radical (unpaired) electrons. The van der Waals surface area contributed by atoms with E-state index in [0.29, 0.717) is 11.4 Å². The summed E-state index contributed by atoms with van der Waals surface area (Å²) in [6, 6.07) is 4.05. The van der Waals surface area contributed by atoms with Crippen LogP contribution in [0, 0.1) is 0 Å². The van der Waals surface area contributed by atoms with Gasteiger partial charge in [0.25, 0.3) is 0 Å². The third-order valence-corrected chi connectivity index (χ3v) is 5.78. The standard InChI is InChI=1S/C16H21N3OS/c1-2-9-20-12(5-1)11-19-15-13(6-3-8-17-15)18-16(19)14-7-4-10-21-14/h3,6,8,12,14H,1-2,4-5,7,9-11H2. The maximum atomic E-state index is 5.93. The van der Waals surface area contributed by atoms with Crippen LogP contribution in [-0.4, -0.2) is 33.0 Å². The molecule has 5 heteroatoms. The van der Waals surface area contributed by atoms with Crippen molar-refractivity contribution in [2.75, 3.05) is 12.4 Å². The molecule has 2 aliphatic rings. The molecule has 0 spiro atoms. The van der Waals surface area contributed by atoms with E-state index in [1.165, 1.54) is 37.3 Å². The minimum atomic E-state index is 0.323. The number of ether oxygens (including phenoxy) is 1. The molecule has 112 valence electrons. The predicted molar refractivity (Wildman–Crippen MR) is 85.6 cm³/mol.